The first kappa shape index (κ1) is 26.1. The Bertz CT molecular complexity index is 1270. The fraction of sp³-hybridized carbons (Fsp3) is 0.519. The highest BCUT2D eigenvalue weighted by atomic mass is 16.3. The van der Waals surface area contributed by atoms with Crippen LogP contribution in [0.1, 0.15) is 78.8 Å². The highest BCUT2D eigenvalue weighted by molar-refractivity contribution is 6.25. The Balaban J connectivity index is 1.23. The number of carbonyl (C=O) groups is 4. The molecule has 11 heteroatoms. The van der Waals surface area contributed by atoms with Crippen molar-refractivity contribution in [3.63, 3.8) is 0 Å². The third-order valence-electron chi connectivity index (χ3n) is 7.60. The summed E-state index contributed by atoms with van der Waals surface area (Å²) >= 11 is 0. The summed E-state index contributed by atoms with van der Waals surface area (Å²) in [6.07, 6.45) is 5.27. The average molecular weight is 523 g/mol. The number of aromatic nitrogens is 2. The number of nitrogens with one attached hydrogen (secondary N) is 2. The van der Waals surface area contributed by atoms with Crippen molar-refractivity contribution in [3.05, 3.63) is 47.3 Å². The molecule has 2 unspecified atom stereocenters. The van der Waals surface area contributed by atoms with E-state index >= 15 is 0 Å². The van der Waals surface area contributed by atoms with Gasteiger partial charge in [-0.2, -0.15) is 5.10 Å². The minimum atomic E-state index is -0.998. The zero-order valence-corrected chi connectivity index (χ0v) is 21.9. The predicted octanol–water partition coefficient (Wildman–Crippen LogP) is 1.90. The number of piperidine rings is 2. The van der Waals surface area contributed by atoms with Gasteiger partial charge in [0, 0.05) is 48.9 Å². The topological polar surface area (TPSA) is 137 Å². The van der Waals surface area contributed by atoms with E-state index < -0.39 is 35.9 Å². The van der Waals surface area contributed by atoms with Gasteiger partial charge in [-0.3, -0.25) is 39.0 Å². The number of benzene rings is 1. The van der Waals surface area contributed by atoms with Crippen molar-refractivity contribution in [1.82, 2.24) is 24.9 Å². The Morgan fingerprint density at radius 2 is 1.84 bits per heavy atom. The summed E-state index contributed by atoms with van der Waals surface area (Å²) < 4.78 is 1.96. The lowest BCUT2D eigenvalue weighted by Crippen LogP contribution is -2.54. The number of likely N-dealkylation sites (tertiary alicyclic amines) is 1. The first-order valence-corrected chi connectivity index (χ1v) is 13.1. The van der Waals surface area contributed by atoms with Crippen molar-refractivity contribution in [2.75, 3.05) is 18.4 Å². The zero-order chi connectivity index (χ0) is 27.2. The van der Waals surface area contributed by atoms with E-state index in [4.69, 9.17) is 0 Å². The first-order valence-electron chi connectivity index (χ1n) is 13.1. The summed E-state index contributed by atoms with van der Waals surface area (Å²) in [5.74, 6) is -2.10. The molecule has 0 bridgehead atoms. The lowest BCUT2D eigenvalue weighted by molar-refractivity contribution is -0.136. The van der Waals surface area contributed by atoms with Crippen molar-refractivity contribution in [1.29, 1.82) is 0 Å². The number of nitrogens with zero attached hydrogens (tertiary/aromatic N) is 4. The minimum absolute atomic E-state index is 0.0785. The van der Waals surface area contributed by atoms with E-state index in [-0.39, 0.29) is 35.4 Å². The molecule has 1 aromatic heterocycles. The summed E-state index contributed by atoms with van der Waals surface area (Å²) in [5, 5.41) is 20.6. The van der Waals surface area contributed by atoms with E-state index in [9.17, 15) is 24.3 Å². The van der Waals surface area contributed by atoms with Crippen LogP contribution in [0.25, 0.3) is 0 Å². The lowest BCUT2D eigenvalue weighted by atomic mass is 9.91. The van der Waals surface area contributed by atoms with Crippen LogP contribution in [0.15, 0.2) is 30.6 Å². The number of aliphatic hydroxyl groups excluding tert-OH is 1. The predicted molar refractivity (Wildman–Crippen MR) is 138 cm³/mol. The molecule has 0 spiro atoms. The molecule has 2 atom stereocenters. The van der Waals surface area contributed by atoms with Gasteiger partial charge in [0.05, 0.1) is 23.4 Å². The number of carbonyl (C=O) groups excluding carboxylic acids is 4. The van der Waals surface area contributed by atoms with E-state index in [1.165, 1.54) is 0 Å². The van der Waals surface area contributed by atoms with Crippen LogP contribution in [0.2, 0.25) is 0 Å². The normalized spacial score (nSPS) is 22.0. The van der Waals surface area contributed by atoms with Crippen LogP contribution in [-0.2, 0) is 16.1 Å². The Morgan fingerprint density at radius 1 is 1.11 bits per heavy atom. The van der Waals surface area contributed by atoms with Gasteiger partial charge < -0.3 is 10.4 Å². The van der Waals surface area contributed by atoms with Crippen molar-refractivity contribution in [2.45, 2.75) is 71.3 Å². The fourth-order valence-electron chi connectivity index (χ4n) is 5.47. The molecule has 3 aliphatic rings. The van der Waals surface area contributed by atoms with Crippen molar-refractivity contribution in [2.24, 2.45) is 5.41 Å². The summed E-state index contributed by atoms with van der Waals surface area (Å²) in [6, 6.07) is 4.26. The summed E-state index contributed by atoms with van der Waals surface area (Å²) in [6.45, 7) is 8.11. The maximum Gasteiger partial charge on any atom is 0.264 e. The van der Waals surface area contributed by atoms with Gasteiger partial charge in [0.2, 0.25) is 11.8 Å². The van der Waals surface area contributed by atoms with Crippen molar-refractivity contribution < 1.29 is 24.3 Å². The number of aliphatic hydroxyl groups is 1. The number of fused-ring (bicyclic) bond motifs is 1. The van der Waals surface area contributed by atoms with Crippen LogP contribution in [0.5, 0.6) is 0 Å². The van der Waals surface area contributed by atoms with Gasteiger partial charge in [-0.15, -0.1) is 0 Å². The zero-order valence-electron chi connectivity index (χ0n) is 21.9. The molecule has 2 fully saturated rings. The number of amides is 4. The van der Waals surface area contributed by atoms with Crippen LogP contribution < -0.4 is 10.6 Å². The third kappa shape index (κ3) is 4.83. The maximum absolute atomic E-state index is 13.3. The van der Waals surface area contributed by atoms with E-state index in [0.717, 1.165) is 36.4 Å². The first-order chi connectivity index (χ1) is 18.0. The van der Waals surface area contributed by atoms with E-state index in [0.29, 0.717) is 12.2 Å². The second-order valence-corrected chi connectivity index (χ2v) is 11.4. The van der Waals surface area contributed by atoms with Gasteiger partial charge in [-0.25, -0.2) is 0 Å². The molecule has 4 amide bonds. The molecule has 202 valence electrons. The van der Waals surface area contributed by atoms with Gasteiger partial charge in [0.25, 0.3) is 11.8 Å². The minimum Gasteiger partial charge on any atom is -0.380 e. The molecule has 0 saturated carbocycles. The lowest BCUT2D eigenvalue weighted by Gasteiger charge is -2.40. The molecule has 0 aliphatic carbocycles. The van der Waals surface area contributed by atoms with Crippen LogP contribution in [-0.4, -0.2) is 73.7 Å². The Morgan fingerprint density at radius 3 is 2.53 bits per heavy atom. The Kier molecular flexibility index (Phi) is 6.83. The second kappa shape index (κ2) is 9.95. The second-order valence-electron chi connectivity index (χ2n) is 11.4. The smallest absolute Gasteiger partial charge is 0.264 e. The van der Waals surface area contributed by atoms with Crippen LogP contribution in [0, 0.1) is 5.41 Å². The van der Waals surface area contributed by atoms with Crippen molar-refractivity contribution >= 4 is 29.3 Å². The number of anilines is 1. The molecule has 4 heterocycles. The standard InChI is InChI=1S/C27H34N6O5/c1-27(2,3)26(38)31-11-9-17(10-12-31)32-15-16(14-29-32)13-28-19-6-4-5-18-22(19)25(37)33(24(18)36)20-7-8-21(34)30-23(20)35/h4-6,14-15,17,20,26,28,38H,7-13H2,1-3H3,(H,30,34,35). The molecule has 11 nitrogen and oxygen atoms in total. The quantitative estimate of drug-likeness (QED) is 0.490. The number of hydrogen-bond acceptors (Lipinski definition) is 8. The number of hydrogen-bond donors (Lipinski definition) is 3. The molecule has 3 aliphatic heterocycles. The monoisotopic (exact) mass is 522 g/mol. The Hall–Kier alpha value is -3.57. The molecular formula is C27H34N6O5. The highest BCUT2D eigenvalue weighted by Gasteiger charge is 2.45. The summed E-state index contributed by atoms with van der Waals surface area (Å²) in [5.41, 5.74) is 1.72. The van der Waals surface area contributed by atoms with Gasteiger partial charge in [-0.1, -0.05) is 26.8 Å². The van der Waals surface area contributed by atoms with Crippen LogP contribution in [0.3, 0.4) is 0 Å². The number of imide groups is 2. The van der Waals surface area contributed by atoms with E-state index in [2.05, 4.69) is 20.6 Å². The summed E-state index contributed by atoms with van der Waals surface area (Å²) in [7, 11) is 0. The molecule has 5 rings (SSSR count). The Labute approximate surface area is 221 Å². The van der Waals surface area contributed by atoms with Crippen LogP contribution in [0.4, 0.5) is 5.69 Å². The van der Waals surface area contributed by atoms with Gasteiger partial charge in [-0.05, 0) is 31.4 Å². The molecule has 38 heavy (non-hydrogen) atoms. The van der Waals surface area contributed by atoms with Gasteiger partial charge in [0.1, 0.15) is 12.3 Å². The molecular weight excluding hydrogens is 488 g/mol. The van der Waals surface area contributed by atoms with E-state index in [1.807, 2.05) is 31.6 Å². The number of rotatable bonds is 6. The van der Waals surface area contributed by atoms with E-state index in [1.54, 1.807) is 24.4 Å². The van der Waals surface area contributed by atoms with Gasteiger partial charge >= 0.3 is 0 Å². The fourth-order valence-corrected chi connectivity index (χ4v) is 5.47. The maximum atomic E-state index is 13.3. The molecule has 2 saturated heterocycles. The largest absolute Gasteiger partial charge is 0.380 e. The third-order valence-corrected chi connectivity index (χ3v) is 7.60. The summed E-state index contributed by atoms with van der Waals surface area (Å²) in [4.78, 5) is 53.3. The van der Waals surface area contributed by atoms with Crippen molar-refractivity contribution in [3.8, 4) is 0 Å². The molecule has 3 N–H and O–H groups in total. The SMILES string of the molecule is CC(C)(C)C(O)N1CCC(n2cc(CNc3cccc4c3C(=O)N(C3CCC(=O)NC3=O)C4=O)cn2)CC1. The van der Waals surface area contributed by atoms with Crippen LogP contribution >= 0.6 is 0 Å². The molecule has 2 aromatic rings. The molecule has 0 radical (unpaired) electrons. The average Bonchev–Trinajstić information content (AvgIpc) is 3.45. The highest BCUT2D eigenvalue weighted by Crippen LogP contribution is 2.33. The molecule has 1 aromatic carbocycles. The van der Waals surface area contributed by atoms with Gasteiger partial charge in [0.15, 0.2) is 0 Å².